The van der Waals surface area contributed by atoms with Crippen molar-refractivity contribution in [2.45, 2.75) is 103 Å². The fraction of sp³-hybridized carbons (Fsp3) is 0.382. The second-order valence-electron chi connectivity index (χ2n) is 18.0. The minimum atomic E-state index is -4.57. The van der Waals surface area contributed by atoms with E-state index in [0.717, 1.165) is 75.4 Å². The lowest BCUT2D eigenvalue weighted by Gasteiger charge is -2.29. The Hall–Kier alpha value is -6.92. The smallest absolute Gasteiger partial charge is 0.369 e. The Morgan fingerprint density at radius 3 is 1.32 bits per heavy atom. The summed E-state index contributed by atoms with van der Waals surface area (Å²) in [5, 5.41) is 9.41. The number of benzene rings is 4. The maximum atomic E-state index is 13.7. The molecule has 7 N–H and O–H groups in total. The van der Waals surface area contributed by atoms with E-state index in [1.807, 2.05) is 36.4 Å². The number of hydrogen-bond acceptors (Lipinski definition) is 10. The van der Waals surface area contributed by atoms with Gasteiger partial charge in [0.2, 0.25) is 23.7 Å². The summed E-state index contributed by atoms with van der Waals surface area (Å²) in [4.78, 5) is 41.3. The Morgan fingerprint density at radius 1 is 0.575 bits per heavy atom. The summed E-state index contributed by atoms with van der Waals surface area (Å²) in [5.74, 6) is 0.253. The van der Waals surface area contributed by atoms with Crippen LogP contribution >= 0.6 is 0 Å². The molecule has 8 rings (SSSR count). The van der Waals surface area contributed by atoms with E-state index in [4.69, 9.17) is 11.5 Å². The molecule has 0 unspecified atom stereocenters. The van der Waals surface area contributed by atoms with Gasteiger partial charge in [-0.1, -0.05) is 87.6 Å². The van der Waals surface area contributed by atoms with Gasteiger partial charge in [0.15, 0.2) is 0 Å². The van der Waals surface area contributed by atoms with Crippen LogP contribution in [0, 0.1) is 0 Å². The van der Waals surface area contributed by atoms with E-state index in [9.17, 15) is 35.9 Å². The highest BCUT2D eigenvalue weighted by Gasteiger charge is 2.36. The highest BCUT2D eigenvalue weighted by atomic mass is 19.4. The van der Waals surface area contributed by atoms with Gasteiger partial charge in [0.05, 0.1) is 35.4 Å². The van der Waals surface area contributed by atoms with Crippen molar-refractivity contribution in [1.29, 1.82) is 0 Å². The van der Waals surface area contributed by atoms with Crippen LogP contribution in [0.4, 0.5) is 49.6 Å². The van der Waals surface area contributed by atoms with Crippen molar-refractivity contribution in [2.75, 3.05) is 43.9 Å². The number of aryl methyl sites for hydroxylation is 4. The predicted octanol–water partition coefficient (Wildman–Crippen LogP) is 10.7. The molecule has 2 fully saturated rings. The first kappa shape index (κ1) is 57.0. The molecule has 0 aliphatic carbocycles. The molecule has 18 heteroatoms. The molecule has 4 aromatic carbocycles. The van der Waals surface area contributed by atoms with Gasteiger partial charge in [-0.05, 0) is 154 Å². The van der Waals surface area contributed by atoms with Crippen LogP contribution in [0.25, 0.3) is 0 Å². The number of halogens is 6. The van der Waals surface area contributed by atoms with Crippen molar-refractivity contribution in [3.8, 4) is 0 Å². The van der Waals surface area contributed by atoms with Crippen LogP contribution in [-0.2, 0) is 60.5 Å². The lowest BCUT2D eigenvalue weighted by Crippen LogP contribution is -2.29. The molecule has 0 bridgehead atoms. The monoisotopic (exact) mass is 1010 g/mol. The highest BCUT2D eigenvalue weighted by molar-refractivity contribution is 5.77. The molecule has 2 aromatic heterocycles. The maximum Gasteiger partial charge on any atom is 0.419 e. The molecule has 0 radical (unpaired) electrons. The van der Waals surface area contributed by atoms with Gasteiger partial charge in [-0.15, -0.1) is 0 Å². The van der Waals surface area contributed by atoms with Crippen LogP contribution in [-0.4, -0.2) is 69.9 Å². The van der Waals surface area contributed by atoms with E-state index in [1.54, 1.807) is 48.5 Å². The van der Waals surface area contributed by atoms with E-state index in [-0.39, 0.29) is 76.7 Å². The largest absolute Gasteiger partial charge is 0.419 e. The second-order valence-corrected chi connectivity index (χ2v) is 18.0. The number of carbonyl (C=O) groups is 2. The highest BCUT2D eigenvalue weighted by Crippen LogP contribution is 2.35. The zero-order chi connectivity index (χ0) is 50.5. The van der Waals surface area contributed by atoms with E-state index in [2.05, 4.69) is 60.0 Å². The molecule has 2 saturated heterocycles. The van der Waals surface area contributed by atoms with Gasteiger partial charge in [0.25, 0.3) is 0 Å². The van der Waals surface area contributed by atoms with E-state index >= 15 is 0 Å². The topological polar surface area (TPSA) is 177 Å². The lowest BCUT2D eigenvalue weighted by molar-refractivity contribution is -0.139. The molecular weight excluding hydrogens is 947 g/mol. The predicted molar refractivity (Wildman–Crippen MR) is 275 cm³/mol. The lowest BCUT2D eigenvalue weighted by atomic mass is 9.89. The van der Waals surface area contributed by atoms with Crippen LogP contribution in [0.15, 0.2) is 109 Å². The van der Waals surface area contributed by atoms with Gasteiger partial charge in [0, 0.05) is 23.8 Å². The van der Waals surface area contributed by atoms with Crippen molar-refractivity contribution in [3.63, 3.8) is 0 Å². The molecule has 0 atom stereocenters. The maximum absolute atomic E-state index is 13.7. The molecule has 6 aromatic rings. The van der Waals surface area contributed by atoms with E-state index < -0.39 is 35.3 Å². The van der Waals surface area contributed by atoms with Crippen molar-refractivity contribution in [3.05, 3.63) is 165 Å². The SMILES string of the molecule is C.C.CN1CCC(c2ccc(Nc3ncc(C(F)(F)F)c(CCc4ccccc4CC(N)=O)n3)cc2)CC1.NC(=O)Cc1ccccc1CCc1nc(Nc2ccc(C3CCNCC3)cc2)ncc1C(F)(F)F. The number of alkyl halides is 6. The van der Waals surface area contributed by atoms with Gasteiger partial charge in [-0.2, -0.15) is 26.3 Å². The van der Waals surface area contributed by atoms with Gasteiger partial charge in [-0.3, -0.25) is 9.59 Å². The Morgan fingerprint density at radius 2 is 0.945 bits per heavy atom. The number of piperidine rings is 2. The first-order valence-corrected chi connectivity index (χ1v) is 23.7. The Labute approximate surface area is 423 Å². The number of nitrogens with one attached hydrogen (secondary N) is 3. The molecule has 73 heavy (non-hydrogen) atoms. The molecule has 2 aliphatic rings. The number of amides is 2. The minimum Gasteiger partial charge on any atom is -0.369 e. The van der Waals surface area contributed by atoms with Gasteiger partial charge in [-0.25, -0.2) is 19.9 Å². The quantitative estimate of drug-likeness (QED) is 0.0587. The number of aromatic nitrogens is 4. The van der Waals surface area contributed by atoms with Crippen LogP contribution in [0.1, 0.15) is 108 Å². The summed E-state index contributed by atoms with van der Waals surface area (Å²) in [5.41, 5.74) is 15.6. The molecule has 2 aliphatic heterocycles. The zero-order valence-electron chi connectivity index (χ0n) is 39.4. The van der Waals surface area contributed by atoms with E-state index in [0.29, 0.717) is 34.3 Å². The average molecular weight is 1010 g/mol. The van der Waals surface area contributed by atoms with Gasteiger partial charge < -0.3 is 32.3 Å². The Kier molecular flexibility index (Phi) is 20.4. The summed E-state index contributed by atoms with van der Waals surface area (Å²) in [6.45, 7) is 4.14. The Balaban J connectivity index is 0.000000264. The number of rotatable bonds is 16. The van der Waals surface area contributed by atoms with Crippen molar-refractivity contribution >= 4 is 35.1 Å². The summed E-state index contributed by atoms with van der Waals surface area (Å²) in [7, 11) is 2.13. The summed E-state index contributed by atoms with van der Waals surface area (Å²) < 4.78 is 81.9. The summed E-state index contributed by atoms with van der Waals surface area (Å²) in [6, 6.07) is 30.0. The first-order valence-electron chi connectivity index (χ1n) is 23.7. The van der Waals surface area contributed by atoms with E-state index in [1.165, 1.54) is 11.1 Å². The van der Waals surface area contributed by atoms with Crippen molar-refractivity contribution < 1.29 is 35.9 Å². The fourth-order valence-corrected chi connectivity index (χ4v) is 9.07. The molecule has 0 spiro atoms. The molecule has 4 heterocycles. The normalized spacial score (nSPS) is 14.5. The van der Waals surface area contributed by atoms with Gasteiger partial charge >= 0.3 is 12.4 Å². The standard InChI is InChI=1S/C27H30F3N5O.C26H28F3N5O.2CH4/c1-35-14-12-20(13-15-35)19-6-9-22(10-7-19)33-26-32-17-23(27(28,29)30)24(34-26)11-8-18-4-2-3-5-21(18)16-25(31)36;27-26(28,29)22-16-32-25(33-21-8-5-18(6-9-21)19-11-13-31-14-12-19)34-23(22)10-7-17-3-1-2-4-20(17)15-24(30)35;;/h2-7,9-10,17,20H,8,11-16H2,1H3,(H2,31,36)(H,32,33,34);1-6,8-9,16,19,31H,7,10-15H2,(H2,30,35)(H,32,33,34);2*1H4. The Bertz CT molecular complexity index is 2720. The number of nitrogens with two attached hydrogens (primary N) is 2. The third-order valence-corrected chi connectivity index (χ3v) is 12.9. The average Bonchev–Trinajstić information content (AvgIpc) is 3.34. The fourth-order valence-electron chi connectivity index (χ4n) is 9.07. The number of likely N-dealkylation sites (tertiary alicyclic amines) is 1. The molecule has 0 saturated carbocycles. The summed E-state index contributed by atoms with van der Waals surface area (Å²) >= 11 is 0. The summed E-state index contributed by atoms with van der Waals surface area (Å²) in [6.07, 6.45) is -2.40. The molecule has 2 amide bonds. The van der Waals surface area contributed by atoms with Crippen LogP contribution < -0.4 is 27.4 Å². The second kappa shape index (κ2) is 26.2. The van der Waals surface area contributed by atoms with Crippen LogP contribution in [0.5, 0.6) is 0 Å². The minimum absolute atomic E-state index is 0. The third kappa shape index (κ3) is 16.6. The molecule has 12 nitrogen and oxygen atoms in total. The molecule has 390 valence electrons. The van der Waals surface area contributed by atoms with Crippen molar-refractivity contribution in [1.82, 2.24) is 30.2 Å². The zero-order valence-corrected chi connectivity index (χ0v) is 39.4. The number of nitrogens with zero attached hydrogens (tertiary/aromatic N) is 5. The number of hydrogen-bond donors (Lipinski definition) is 5. The van der Waals surface area contributed by atoms with Crippen LogP contribution in [0.2, 0.25) is 0 Å². The number of anilines is 4. The van der Waals surface area contributed by atoms with Crippen molar-refractivity contribution in [2.24, 2.45) is 11.5 Å². The number of carbonyl (C=O) groups excluding carboxylic acids is 2. The molecular formula is C55H66F6N10O2. The third-order valence-electron chi connectivity index (χ3n) is 12.9. The number of primary amides is 2. The first-order chi connectivity index (χ1) is 34.0. The van der Waals surface area contributed by atoms with Gasteiger partial charge in [0.1, 0.15) is 0 Å². The van der Waals surface area contributed by atoms with Crippen LogP contribution in [0.3, 0.4) is 0 Å².